The summed E-state index contributed by atoms with van der Waals surface area (Å²) in [5.41, 5.74) is 6.15. The number of urea groups is 1. The van der Waals surface area contributed by atoms with Gasteiger partial charge in [-0.1, -0.05) is 23.5 Å². The Bertz CT molecular complexity index is 461. The Morgan fingerprint density at radius 1 is 1.53 bits per heavy atom. The predicted molar refractivity (Wildman–Crippen MR) is 62.2 cm³/mol. The molecule has 2 N–H and O–H groups in total. The summed E-state index contributed by atoms with van der Waals surface area (Å²) in [6.45, 7) is 2.41. The van der Waals surface area contributed by atoms with Crippen LogP contribution in [0.15, 0.2) is 24.3 Å². The molecule has 2 rings (SSSR count). The van der Waals surface area contributed by atoms with Gasteiger partial charge in [0.25, 0.3) is 0 Å². The number of nitrogens with two attached hydrogens (primary N) is 1. The molecule has 0 atom stereocenters. The molecule has 0 aliphatic carbocycles. The highest BCUT2D eigenvalue weighted by molar-refractivity contribution is 7.22. The Labute approximate surface area is 91.3 Å². The van der Waals surface area contributed by atoms with Gasteiger partial charge in [0.05, 0.1) is 10.2 Å². The number of nitrogens with zero attached hydrogens (tertiary/aromatic N) is 2. The van der Waals surface area contributed by atoms with Gasteiger partial charge in [-0.3, -0.25) is 4.90 Å². The highest BCUT2D eigenvalue weighted by atomic mass is 32.1. The molecule has 0 aliphatic heterocycles. The first-order chi connectivity index (χ1) is 7.22. The van der Waals surface area contributed by atoms with Crippen molar-refractivity contribution in [2.75, 3.05) is 11.4 Å². The lowest BCUT2D eigenvalue weighted by Crippen LogP contribution is -2.35. The van der Waals surface area contributed by atoms with Crippen molar-refractivity contribution in [2.45, 2.75) is 6.92 Å². The van der Waals surface area contributed by atoms with E-state index in [0.29, 0.717) is 11.7 Å². The zero-order valence-corrected chi connectivity index (χ0v) is 9.12. The molecule has 78 valence electrons. The Morgan fingerprint density at radius 3 is 2.87 bits per heavy atom. The van der Waals surface area contributed by atoms with Crippen molar-refractivity contribution >= 4 is 32.7 Å². The standard InChI is InChI=1S/C10H11N3OS/c1-2-13(9(11)14)10-12-7-5-3-4-6-8(7)15-10/h3-6H,2H2,1H3,(H2,11,14). The number of primary amides is 1. The van der Waals surface area contributed by atoms with Crippen molar-refractivity contribution in [1.29, 1.82) is 0 Å². The zero-order chi connectivity index (χ0) is 10.8. The van der Waals surface area contributed by atoms with Crippen LogP contribution >= 0.6 is 11.3 Å². The van der Waals surface area contributed by atoms with Gasteiger partial charge >= 0.3 is 6.03 Å². The summed E-state index contributed by atoms with van der Waals surface area (Å²) in [5.74, 6) is 0. The van der Waals surface area contributed by atoms with E-state index in [0.717, 1.165) is 10.2 Å². The molecule has 0 saturated heterocycles. The minimum atomic E-state index is -0.462. The summed E-state index contributed by atoms with van der Waals surface area (Å²) in [7, 11) is 0. The number of thiazole rings is 1. The zero-order valence-electron chi connectivity index (χ0n) is 8.30. The molecule has 5 heteroatoms. The second kappa shape index (κ2) is 3.86. The maximum Gasteiger partial charge on any atom is 0.321 e. The maximum atomic E-state index is 11.1. The fourth-order valence-corrected chi connectivity index (χ4v) is 2.40. The number of carbonyl (C=O) groups excluding carboxylic acids is 1. The summed E-state index contributed by atoms with van der Waals surface area (Å²) in [4.78, 5) is 16.9. The van der Waals surface area contributed by atoms with Gasteiger partial charge in [0.2, 0.25) is 0 Å². The molecule has 2 amide bonds. The van der Waals surface area contributed by atoms with E-state index in [2.05, 4.69) is 4.98 Å². The smallest absolute Gasteiger partial charge is 0.321 e. The van der Waals surface area contributed by atoms with Gasteiger partial charge in [0.1, 0.15) is 0 Å². The molecular weight excluding hydrogens is 210 g/mol. The largest absolute Gasteiger partial charge is 0.351 e. The third-order valence-corrected chi connectivity index (χ3v) is 3.16. The molecule has 15 heavy (non-hydrogen) atoms. The van der Waals surface area contributed by atoms with Gasteiger partial charge in [-0.05, 0) is 19.1 Å². The van der Waals surface area contributed by atoms with Gasteiger partial charge < -0.3 is 5.73 Å². The molecule has 4 nitrogen and oxygen atoms in total. The molecule has 1 heterocycles. The second-order valence-corrected chi connectivity index (χ2v) is 4.06. The van der Waals surface area contributed by atoms with E-state index in [4.69, 9.17) is 5.73 Å². The Hall–Kier alpha value is -1.62. The number of fused-ring (bicyclic) bond motifs is 1. The summed E-state index contributed by atoms with van der Waals surface area (Å²) in [6.07, 6.45) is 0. The van der Waals surface area contributed by atoms with Gasteiger partial charge in [0, 0.05) is 6.54 Å². The van der Waals surface area contributed by atoms with E-state index in [9.17, 15) is 4.79 Å². The first-order valence-electron chi connectivity index (χ1n) is 4.65. The van der Waals surface area contributed by atoms with Crippen LogP contribution in [0.2, 0.25) is 0 Å². The van der Waals surface area contributed by atoms with Crippen LogP contribution in [0.1, 0.15) is 6.92 Å². The number of carbonyl (C=O) groups is 1. The minimum absolute atomic E-state index is 0.462. The van der Waals surface area contributed by atoms with E-state index >= 15 is 0 Å². The lowest BCUT2D eigenvalue weighted by molar-refractivity contribution is 0.254. The molecule has 0 saturated carbocycles. The Kier molecular flexibility index (Phi) is 2.55. The molecule has 1 aromatic carbocycles. The molecule has 0 aliphatic rings. The summed E-state index contributed by atoms with van der Waals surface area (Å²) < 4.78 is 1.06. The molecular formula is C10H11N3OS. The van der Waals surface area contributed by atoms with Crippen molar-refractivity contribution in [3.8, 4) is 0 Å². The van der Waals surface area contributed by atoms with Crippen molar-refractivity contribution in [3.05, 3.63) is 24.3 Å². The van der Waals surface area contributed by atoms with Gasteiger partial charge in [-0.15, -0.1) is 0 Å². The molecule has 0 unspecified atom stereocenters. The average molecular weight is 221 g/mol. The normalized spacial score (nSPS) is 10.5. The number of hydrogen-bond acceptors (Lipinski definition) is 3. The van der Waals surface area contributed by atoms with Crippen LogP contribution in [0.3, 0.4) is 0 Å². The quantitative estimate of drug-likeness (QED) is 0.845. The third-order valence-electron chi connectivity index (χ3n) is 2.10. The lowest BCUT2D eigenvalue weighted by Gasteiger charge is -2.13. The third kappa shape index (κ3) is 1.78. The van der Waals surface area contributed by atoms with Crippen LogP contribution in [0.4, 0.5) is 9.93 Å². The van der Waals surface area contributed by atoms with Crippen LogP contribution < -0.4 is 10.6 Å². The van der Waals surface area contributed by atoms with Crippen LogP contribution in [0, 0.1) is 0 Å². The van der Waals surface area contributed by atoms with E-state index in [1.54, 1.807) is 0 Å². The van der Waals surface area contributed by atoms with Crippen molar-refractivity contribution in [3.63, 3.8) is 0 Å². The van der Waals surface area contributed by atoms with Crippen LogP contribution in [-0.4, -0.2) is 17.6 Å². The van der Waals surface area contributed by atoms with E-state index in [1.807, 2.05) is 31.2 Å². The fraction of sp³-hybridized carbons (Fsp3) is 0.200. The maximum absolute atomic E-state index is 11.1. The summed E-state index contributed by atoms with van der Waals surface area (Å²) in [5, 5.41) is 0.659. The fourth-order valence-electron chi connectivity index (χ4n) is 1.36. The molecule has 0 radical (unpaired) electrons. The number of anilines is 1. The predicted octanol–water partition coefficient (Wildman–Crippen LogP) is 2.20. The van der Waals surface area contributed by atoms with Crippen LogP contribution in [0.25, 0.3) is 10.2 Å². The highest BCUT2D eigenvalue weighted by Gasteiger charge is 2.14. The topological polar surface area (TPSA) is 59.2 Å². The SMILES string of the molecule is CCN(C(N)=O)c1nc2ccccc2s1. The van der Waals surface area contributed by atoms with Gasteiger partial charge in [0.15, 0.2) is 5.13 Å². The monoisotopic (exact) mass is 221 g/mol. The average Bonchev–Trinajstić information content (AvgIpc) is 2.61. The number of para-hydroxylation sites is 1. The first kappa shape index (κ1) is 9.92. The van der Waals surface area contributed by atoms with E-state index < -0.39 is 6.03 Å². The molecule has 1 aromatic heterocycles. The van der Waals surface area contributed by atoms with Crippen molar-refractivity contribution in [1.82, 2.24) is 4.98 Å². The number of amides is 2. The Balaban J connectivity index is 2.47. The van der Waals surface area contributed by atoms with E-state index in [1.165, 1.54) is 16.2 Å². The van der Waals surface area contributed by atoms with Gasteiger partial charge in [-0.25, -0.2) is 9.78 Å². The van der Waals surface area contributed by atoms with Crippen molar-refractivity contribution in [2.24, 2.45) is 5.73 Å². The van der Waals surface area contributed by atoms with Gasteiger partial charge in [-0.2, -0.15) is 0 Å². The van der Waals surface area contributed by atoms with Crippen molar-refractivity contribution < 1.29 is 4.79 Å². The minimum Gasteiger partial charge on any atom is -0.351 e. The molecule has 2 aromatic rings. The molecule has 0 spiro atoms. The molecule has 0 fully saturated rings. The number of rotatable bonds is 2. The molecule has 0 bridgehead atoms. The lowest BCUT2D eigenvalue weighted by atomic mass is 10.3. The van der Waals surface area contributed by atoms with Crippen LogP contribution in [-0.2, 0) is 0 Å². The number of aromatic nitrogens is 1. The summed E-state index contributed by atoms with van der Waals surface area (Å²) >= 11 is 1.47. The number of benzene rings is 1. The highest BCUT2D eigenvalue weighted by Crippen LogP contribution is 2.28. The van der Waals surface area contributed by atoms with Crippen LogP contribution in [0.5, 0.6) is 0 Å². The second-order valence-electron chi connectivity index (χ2n) is 3.05. The Morgan fingerprint density at radius 2 is 2.27 bits per heavy atom. The first-order valence-corrected chi connectivity index (χ1v) is 5.46. The van der Waals surface area contributed by atoms with E-state index in [-0.39, 0.29) is 0 Å². The number of hydrogen-bond donors (Lipinski definition) is 1. The summed E-state index contributed by atoms with van der Waals surface area (Å²) in [6, 6.07) is 7.31.